The summed E-state index contributed by atoms with van der Waals surface area (Å²) >= 11 is 0. The molecule has 0 aliphatic heterocycles. The van der Waals surface area contributed by atoms with Crippen molar-refractivity contribution in [1.29, 1.82) is 0 Å². The molecule has 1 aromatic heterocycles. The molecule has 0 saturated heterocycles. The lowest BCUT2D eigenvalue weighted by Crippen LogP contribution is -2.18. The number of phenolic OH excluding ortho intramolecular Hbond substituents is 3. The van der Waals surface area contributed by atoms with Crippen molar-refractivity contribution >= 4 is 53.6 Å². The third kappa shape index (κ3) is 8.16. The number of aromatic amines is 1. The molecule has 0 aliphatic rings. The fraction of sp³-hybridized carbons (Fsp3) is 0.0606. The summed E-state index contributed by atoms with van der Waals surface area (Å²) in [5.74, 6) is -0.586. The molecule has 0 aliphatic carbocycles. The SMILES string of the molecule is CNS(=O)(=O)c1ccc(O)c(N=Nc2c(O)ccc3ccccc23)c1.Cc1[nH]n(-c2ccccc2)c(=O)c1N=Nc1cc(S(N)(=O)=O)ccc1O. The third-order valence-corrected chi connectivity index (χ3v) is 9.57. The number of azo groups is 2. The maximum atomic E-state index is 12.5. The third-order valence-electron chi connectivity index (χ3n) is 7.25. The number of aryl methyl sites for hydroxylation is 1. The highest BCUT2D eigenvalue weighted by atomic mass is 32.2. The number of hydrogen-bond donors (Lipinski definition) is 6. The van der Waals surface area contributed by atoms with Crippen molar-refractivity contribution in [3.05, 3.63) is 119 Å². The van der Waals surface area contributed by atoms with Crippen LogP contribution in [0.4, 0.5) is 22.7 Å². The van der Waals surface area contributed by atoms with Crippen molar-refractivity contribution in [2.75, 3.05) is 7.05 Å². The molecular weight excluding hydrogens is 701 g/mol. The van der Waals surface area contributed by atoms with E-state index in [1.54, 1.807) is 49.4 Å². The van der Waals surface area contributed by atoms with Crippen molar-refractivity contribution in [3.63, 3.8) is 0 Å². The number of sulfonamides is 2. The number of aromatic hydroxyl groups is 3. The Hall–Kier alpha value is -6.21. The summed E-state index contributed by atoms with van der Waals surface area (Å²) in [7, 11) is -6.34. The molecule has 0 atom stereocenters. The molecule has 0 saturated carbocycles. The molecule has 5 aromatic carbocycles. The molecule has 0 amide bonds. The lowest BCUT2D eigenvalue weighted by Gasteiger charge is -2.06. The normalized spacial score (nSPS) is 12.0. The van der Waals surface area contributed by atoms with Gasteiger partial charge in [0.1, 0.15) is 34.3 Å². The minimum absolute atomic E-state index is 0.0244. The number of primary sulfonamides is 1. The first-order chi connectivity index (χ1) is 24.2. The van der Waals surface area contributed by atoms with E-state index in [9.17, 15) is 36.9 Å². The molecule has 0 bridgehead atoms. The molecule has 262 valence electrons. The van der Waals surface area contributed by atoms with Gasteiger partial charge < -0.3 is 15.3 Å². The molecule has 16 nitrogen and oxygen atoms in total. The van der Waals surface area contributed by atoms with Crippen LogP contribution in [0, 0.1) is 6.92 Å². The second-order valence-corrected chi connectivity index (χ2v) is 14.1. The van der Waals surface area contributed by atoms with Gasteiger partial charge in [0.2, 0.25) is 20.0 Å². The molecule has 0 fully saturated rings. The number of nitrogens with two attached hydrogens (primary N) is 1. The molecule has 0 unspecified atom stereocenters. The van der Waals surface area contributed by atoms with Crippen LogP contribution < -0.4 is 15.4 Å². The van der Waals surface area contributed by atoms with Gasteiger partial charge in [-0.3, -0.25) is 9.89 Å². The fourth-order valence-electron chi connectivity index (χ4n) is 4.60. The van der Waals surface area contributed by atoms with Crippen LogP contribution in [0.5, 0.6) is 17.2 Å². The first-order valence-electron chi connectivity index (χ1n) is 14.7. The lowest BCUT2D eigenvalue weighted by atomic mass is 10.1. The van der Waals surface area contributed by atoms with Crippen molar-refractivity contribution in [1.82, 2.24) is 14.5 Å². The Morgan fingerprint density at radius 1 is 0.686 bits per heavy atom. The van der Waals surface area contributed by atoms with Gasteiger partial charge in [0, 0.05) is 5.39 Å². The zero-order valence-electron chi connectivity index (χ0n) is 26.8. The molecule has 0 spiro atoms. The topological polar surface area (TPSA) is 254 Å². The van der Waals surface area contributed by atoms with E-state index in [4.69, 9.17) is 5.14 Å². The Morgan fingerprint density at radius 2 is 1.24 bits per heavy atom. The fourth-order valence-corrected chi connectivity index (χ4v) is 5.88. The van der Waals surface area contributed by atoms with E-state index in [1.807, 2.05) is 18.2 Å². The molecular formula is C33H30N8O8S2. The second-order valence-electron chi connectivity index (χ2n) is 10.7. The zero-order valence-corrected chi connectivity index (χ0v) is 28.5. The van der Waals surface area contributed by atoms with E-state index in [1.165, 1.54) is 36.0 Å². The molecule has 51 heavy (non-hydrogen) atoms. The zero-order chi connectivity index (χ0) is 36.9. The average Bonchev–Trinajstić information content (AvgIpc) is 3.40. The molecule has 1 heterocycles. The van der Waals surface area contributed by atoms with E-state index < -0.39 is 25.6 Å². The maximum Gasteiger partial charge on any atom is 0.299 e. The Bertz CT molecular complexity index is 2590. The van der Waals surface area contributed by atoms with Crippen LogP contribution in [-0.2, 0) is 20.0 Å². The van der Waals surface area contributed by atoms with Gasteiger partial charge in [-0.05, 0) is 74.0 Å². The number of H-pyrrole nitrogens is 1. The number of nitrogens with one attached hydrogen (secondary N) is 2. The summed E-state index contributed by atoms with van der Waals surface area (Å²) in [5, 5.41) is 54.9. The molecule has 0 radical (unpaired) electrons. The van der Waals surface area contributed by atoms with E-state index in [2.05, 4.69) is 30.3 Å². The molecule has 6 aromatic rings. The van der Waals surface area contributed by atoms with E-state index in [-0.39, 0.29) is 49.8 Å². The molecule has 7 N–H and O–H groups in total. The van der Waals surface area contributed by atoms with Crippen LogP contribution in [0.3, 0.4) is 0 Å². The van der Waals surface area contributed by atoms with Gasteiger partial charge in [0.05, 0.1) is 21.2 Å². The Balaban J connectivity index is 0.000000198. The number of para-hydroxylation sites is 1. The Morgan fingerprint density at radius 3 is 1.86 bits per heavy atom. The van der Waals surface area contributed by atoms with Crippen molar-refractivity contribution in [2.45, 2.75) is 16.7 Å². The average molecular weight is 731 g/mol. The van der Waals surface area contributed by atoms with Gasteiger partial charge in [-0.2, -0.15) is 0 Å². The van der Waals surface area contributed by atoms with Crippen LogP contribution in [0.1, 0.15) is 5.69 Å². The first kappa shape index (κ1) is 36.1. The standard InChI is InChI=1S/C17H15N3O4S.C16H15N5O4S/c1-18-25(23,24)12-7-9-15(21)14(10-12)19-20-17-13-5-3-2-4-11(13)6-8-16(17)22;1-10-15(16(23)21(20-10)11-5-3-2-4-6-11)19-18-13-9-12(26(17,24)25)7-8-14(13)22/h2-10,18,21-22H,1H3;2-9,20,22H,1H3,(H2,17,24,25). The van der Waals surface area contributed by atoms with Gasteiger partial charge in [-0.1, -0.05) is 48.5 Å². The quantitative estimate of drug-likeness (QED) is 0.104. The molecule has 18 heteroatoms. The number of nitrogens with zero attached hydrogens (tertiary/aromatic N) is 5. The van der Waals surface area contributed by atoms with Crippen molar-refractivity contribution in [2.24, 2.45) is 25.6 Å². The smallest absolute Gasteiger partial charge is 0.299 e. The summed E-state index contributed by atoms with van der Waals surface area (Å²) in [5.41, 5.74) is 0.783. The highest BCUT2D eigenvalue weighted by molar-refractivity contribution is 7.89. The summed E-state index contributed by atoms with van der Waals surface area (Å²) in [6.07, 6.45) is 0. The predicted molar refractivity (Wildman–Crippen MR) is 189 cm³/mol. The number of phenols is 3. The van der Waals surface area contributed by atoms with Gasteiger partial charge in [-0.25, -0.2) is 31.4 Å². The van der Waals surface area contributed by atoms with Crippen molar-refractivity contribution < 1.29 is 32.2 Å². The van der Waals surface area contributed by atoms with E-state index >= 15 is 0 Å². The summed E-state index contributed by atoms with van der Waals surface area (Å²) < 4.78 is 50.0. The summed E-state index contributed by atoms with van der Waals surface area (Å²) in [6, 6.07) is 26.5. The van der Waals surface area contributed by atoms with Gasteiger partial charge in [-0.15, -0.1) is 20.5 Å². The van der Waals surface area contributed by atoms with Gasteiger partial charge in [0.15, 0.2) is 5.69 Å². The number of benzene rings is 5. The predicted octanol–water partition coefficient (Wildman–Crippen LogP) is 5.82. The number of aromatic nitrogens is 2. The van der Waals surface area contributed by atoms with E-state index in [0.29, 0.717) is 16.8 Å². The van der Waals surface area contributed by atoms with Crippen LogP contribution in [0.15, 0.2) is 138 Å². The van der Waals surface area contributed by atoms with Crippen LogP contribution in [0.2, 0.25) is 0 Å². The lowest BCUT2D eigenvalue weighted by molar-refractivity contribution is 0.474. The van der Waals surface area contributed by atoms with Gasteiger partial charge in [0.25, 0.3) is 5.56 Å². The second kappa shape index (κ2) is 14.7. The van der Waals surface area contributed by atoms with Crippen LogP contribution >= 0.6 is 0 Å². The summed E-state index contributed by atoms with van der Waals surface area (Å²) in [4.78, 5) is 12.2. The van der Waals surface area contributed by atoms with Crippen LogP contribution in [0.25, 0.3) is 16.5 Å². The monoisotopic (exact) mass is 730 g/mol. The number of rotatable bonds is 8. The first-order valence-corrected chi connectivity index (χ1v) is 17.8. The largest absolute Gasteiger partial charge is 0.506 e. The van der Waals surface area contributed by atoms with E-state index in [0.717, 1.165) is 23.6 Å². The minimum atomic E-state index is -3.96. The van der Waals surface area contributed by atoms with Crippen molar-refractivity contribution in [3.8, 4) is 22.9 Å². The minimum Gasteiger partial charge on any atom is -0.506 e. The Labute approximate surface area is 291 Å². The highest BCUT2D eigenvalue weighted by Crippen LogP contribution is 2.38. The maximum absolute atomic E-state index is 12.5. The number of hydrogen-bond acceptors (Lipinski definition) is 12. The summed E-state index contributed by atoms with van der Waals surface area (Å²) in [6.45, 7) is 1.65. The van der Waals surface area contributed by atoms with Gasteiger partial charge >= 0.3 is 0 Å². The number of fused-ring (bicyclic) bond motifs is 1. The Kier molecular flexibility index (Phi) is 10.4. The molecule has 6 rings (SSSR count). The van der Waals surface area contributed by atoms with Crippen LogP contribution in [-0.4, -0.2) is 49.0 Å². The highest BCUT2D eigenvalue weighted by Gasteiger charge is 2.16.